The summed E-state index contributed by atoms with van der Waals surface area (Å²) in [6.45, 7) is 2.00. The highest BCUT2D eigenvalue weighted by molar-refractivity contribution is 5.94. The molecule has 134 valence electrons. The van der Waals surface area contributed by atoms with Crippen molar-refractivity contribution in [1.82, 2.24) is 5.32 Å². The number of amides is 1. The maximum absolute atomic E-state index is 12.2. The Morgan fingerprint density at radius 1 is 1.21 bits per heavy atom. The molecular weight excluding hydrogens is 318 g/mol. The van der Waals surface area contributed by atoms with Crippen molar-refractivity contribution in [3.63, 3.8) is 0 Å². The van der Waals surface area contributed by atoms with Crippen molar-refractivity contribution >= 4 is 5.91 Å². The van der Waals surface area contributed by atoms with Crippen LogP contribution < -0.4 is 10.1 Å². The fourth-order valence-electron chi connectivity index (χ4n) is 2.41. The van der Waals surface area contributed by atoms with Gasteiger partial charge in [-0.05, 0) is 30.7 Å². The number of carbonyl (C=O) groups is 1. The summed E-state index contributed by atoms with van der Waals surface area (Å²) in [5, 5.41) is 41.1. The average molecular weight is 341 g/mol. The van der Waals surface area contributed by atoms with E-state index in [1.165, 1.54) is 0 Å². The van der Waals surface area contributed by atoms with E-state index >= 15 is 0 Å². The van der Waals surface area contributed by atoms with Gasteiger partial charge in [0.05, 0.1) is 13.2 Å². The zero-order valence-electron chi connectivity index (χ0n) is 13.3. The molecule has 1 aromatic rings. The highest BCUT2D eigenvalue weighted by Crippen LogP contribution is 2.20. The van der Waals surface area contributed by atoms with Crippen molar-refractivity contribution in [1.29, 1.82) is 0 Å². The predicted octanol–water partition coefficient (Wildman–Crippen LogP) is -0.995. The van der Waals surface area contributed by atoms with E-state index in [0.717, 1.165) is 6.42 Å². The van der Waals surface area contributed by atoms with E-state index in [1.54, 1.807) is 24.3 Å². The number of benzene rings is 1. The quantitative estimate of drug-likeness (QED) is 0.449. The van der Waals surface area contributed by atoms with Crippen molar-refractivity contribution in [2.24, 2.45) is 0 Å². The minimum Gasteiger partial charge on any atom is -0.494 e. The highest BCUT2D eigenvalue weighted by Gasteiger charge is 2.44. The van der Waals surface area contributed by atoms with Crippen LogP contribution in [0.5, 0.6) is 5.75 Å². The van der Waals surface area contributed by atoms with E-state index in [9.17, 15) is 20.1 Å². The van der Waals surface area contributed by atoms with Gasteiger partial charge in [0, 0.05) is 5.56 Å². The van der Waals surface area contributed by atoms with Crippen LogP contribution in [0.3, 0.4) is 0 Å². The van der Waals surface area contributed by atoms with Crippen LogP contribution in [0.4, 0.5) is 0 Å². The average Bonchev–Trinajstić information content (AvgIpc) is 2.60. The molecule has 0 spiro atoms. The third kappa shape index (κ3) is 4.22. The number of rotatable bonds is 6. The SMILES string of the molecule is CCCOc1ccc(C(=O)NC2C(O)OC(CO)C(O)C2O)cc1. The van der Waals surface area contributed by atoms with Crippen LogP contribution in [0.15, 0.2) is 24.3 Å². The van der Waals surface area contributed by atoms with Gasteiger partial charge in [-0.1, -0.05) is 6.92 Å². The Morgan fingerprint density at radius 3 is 2.46 bits per heavy atom. The molecule has 0 aromatic heterocycles. The van der Waals surface area contributed by atoms with Crippen LogP contribution in [-0.4, -0.2) is 70.2 Å². The molecule has 8 nitrogen and oxygen atoms in total. The van der Waals surface area contributed by atoms with E-state index in [-0.39, 0.29) is 0 Å². The first-order chi connectivity index (χ1) is 11.5. The smallest absolute Gasteiger partial charge is 0.251 e. The maximum atomic E-state index is 12.2. The fourth-order valence-corrected chi connectivity index (χ4v) is 2.41. The lowest BCUT2D eigenvalue weighted by Crippen LogP contribution is -2.64. The lowest BCUT2D eigenvalue weighted by atomic mass is 9.97. The first-order valence-corrected chi connectivity index (χ1v) is 7.82. The Balaban J connectivity index is 2.00. The van der Waals surface area contributed by atoms with Crippen molar-refractivity contribution in [3.8, 4) is 5.75 Å². The van der Waals surface area contributed by atoms with Crippen molar-refractivity contribution in [2.45, 2.75) is 44.0 Å². The molecule has 24 heavy (non-hydrogen) atoms. The Kier molecular flexibility index (Phi) is 6.52. The standard InChI is InChI=1S/C16H23NO7/c1-2-7-23-10-5-3-9(4-6-10)15(21)17-12-14(20)13(19)11(8-18)24-16(12)22/h3-6,11-14,16,18-20,22H,2,7-8H2,1H3,(H,17,21). The summed E-state index contributed by atoms with van der Waals surface area (Å²) in [6.07, 6.45) is -4.68. The molecule has 1 aromatic carbocycles. The van der Waals surface area contributed by atoms with Gasteiger partial charge in [0.2, 0.25) is 0 Å². The summed E-state index contributed by atoms with van der Waals surface area (Å²) in [7, 11) is 0. The zero-order valence-corrected chi connectivity index (χ0v) is 13.3. The summed E-state index contributed by atoms with van der Waals surface area (Å²) in [5.41, 5.74) is 0.303. The molecule has 1 heterocycles. The van der Waals surface area contributed by atoms with Gasteiger partial charge >= 0.3 is 0 Å². The Labute approximate surface area is 139 Å². The molecule has 0 radical (unpaired) electrons. The molecule has 1 fully saturated rings. The lowest BCUT2D eigenvalue weighted by molar-refractivity contribution is -0.252. The van der Waals surface area contributed by atoms with E-state index in [2.05, 4.69) is 5.32 Å². The van der Waals surface area contributed by atoms with Gasteiger partial charge in [-0.25, -0.2) is 0 Å². The molecule has 8 heteroatoms. The number of hydrogen-bond acceptors (Lipinski definition) is 7. The lowest BCUT2D eigenvalue weighted by Gasteiger charge is -2.40. The predicted molar refractivity (Wildman–Crippen MR) is 83.5 cm³/mol. The molecule has 5 N–H and O–H groups in total. The molecule has 1 aliphatic rings. The van der Waals surface area contributed by atoms with E-state index in [1.807, 2.05) is 6.92 Å². The summed E-state index contributed by atoms with van der Waals surface area (Å²) < 4.78 is 10.4. The molecule has 0 saturated carbocycles. The fraction of sp³-hybridized carbons (Fsp3) is 0.562. The molecule has 0 bridgehead atoms. The Morgan fingerprint density at radius 2 is 1.88 bits per heavy atom. The third-order valence-electron chi connectivity index (χ3n) is 3.79. The van der Waals surface area contributed by atoms with Crippen LogP contribution >= 0.6 is 0 Å². The van der Waals surface area contributed by atoms with Gasteiger partial charge in [0.1, 0.15) is 30.1 Å². The van der Waals surface area contributed by atoms with E-state index < -0.39 is 43.2 Å². The summed E-state index contributed by atoms with van der Waals surface area (Å²) in [5.74, 6) is 0.0917. The molecule has 2 rings (SSSR count). The Hall–Kier alpha value is -1.71. The highest BCUT2D eigenvalue weighted by atomic mass is 16.6. The monoisotopic (exact) mass is 341 g/mol. The maximum Gasteiger partial charge on any atom is 0.251 e. The number of carbonyl (C=O) groups excluding carboxylic acids is 1. The first kappa shape index (κ1) is 18.6. The molecule has 1 amide bonds. The third-order valence-corrected chi connectivity index (χ3v) is 3.79. The van der Waals surface area contributed by atoms with Gasteiger partial charge in [-0.3, -0.25) is 4.79 Å². The van der Waals surface area contributed by atoms with Crippen LogP contribution in [0.25, 0.3) is 0 Å². The van der Waals surface area contributed by atoms with E-state index in [0.29, 0.717) is 17.9 Å². The topological polar surface area (TPSA) is 128 Å². The van der Waals surface area contributed by atoms with Crippen LogP contribution in [0, 0.1) is 0 Å². The van der Waals surface area contributed by atoms with Crippen LogP contribution in [0.1, 0.15) is 23.7 Å². The van der Waals surface area contributed by atoms with Crippen LogP contribution in [-0.2, 0) is 4.74 Å². The number of ether oxygens (including phenoxy) is 2. The first-order valence-electron chi connectivity index (χ1n) is 7.82. The number of aliphatic hydroxyl groups is 4. The molecule has 1 saturated heterocycles. The van der Waals surface area contributed by atoms with Crippen molar-refractivity contribution in [3.05, 3.63) is 29.8 Å². The number of hydrogen-bond donors (Lipinski definition) is 5. The molecule has 0 aliphatic carbocycles. The van der Waals surface area contributed by atoms with Gasteiger partial charge < -0.3 is 35.2 Å². The minimum absolute atomic E-state index is 0.303. The summed E-state index contributed by atoms with van der Waals surface area (Å²) in [4.78, 5) is 12.2. The Bertz CT molecular complexity index is 536. The van der Waals surface area contributed by atoms with Crippen LogP contribution in [0.2, 0.25) is 0 Å². The molecule has 1 aliphatic heterocycles. The minimum atomic E-state index is -1.54. The second kappa shape index (κ2) is 8.41. The summed E-state index contributed by atoms with van der Waals surface area (Å²) in [6, 6.07) is 5.17. The van der Waals surface area contributed by atoms with E-state index in [4.69, 9.17) is 14.6 Å². The number of nitrogens with one attached hydrogen (secondary N) is 1. The van der Waals surface area contributed by atoms with Gasteiger partial charge in [-0.15, -0.1) is 0 Å². The van der Waals surface area contributed by atoms with Gasteiger partial charge in [0.15, 0.2) is 6.29 Å². The molecule has 5 unspecified atom stereocenters. The number of aliphatic hydroxyl groups excluding tert-OH is 4. The second-order valence-corrected chi connectivity index (χ2v) is 5.60. The van der Waals surface area contributed by atoms with Gasteiger partial charge in [0.25, 0.3) is 5.91 Å². The normalized spacial score (nSPS) is 30.0. The zero-order chi connectivity index (χ0) is 17.7. The van der Waals surface area contributed by atoms with Crippen molar-refractivity contribution in [2.75, 3.05) is 13.2 Å². The van der Waals surface area contributed by atoms with Gasteiger partial charge in [-0.2, -0.15) is 0 Å². The largest absolute Gasteiger partial charge is 0.494 e. The van der Waals surface area contributed by atoms with Crippen molar-refractivity contribution < 1.29 is 34.7 Å². The molecule has 5 atom stereocenters. The second-order valence-electron chi connectivity index (χ2n) is 5.60. The summed E-state index contributed by atoms with van der Waals surface area (Å²) >= 11 is 0. The molecular formula is C16H23NO7.